The summed E-state index contributed by atoms with van der Waals surface area (Å²) in [6.07, 6.45) is 1.92. The van der Waals surface area contributed by atoms with Crippen LogP contribution in [0.3, 0.4) is 0 Å². The molecule has 2 rings (SSSR count). The molecule has 1 aliphatic rings. The van der Waals surface area contributed by atoms with Crippen LogP contribution in [0.25, 0.3) is 0 Å². The quantitative estimate of drug-likeness (QED) is 0.787. The van der Waals surface area contributed by atoms with Gasteiger partial charge >= 0.3 is 5.97 Å². The Kier molecular flexibility index (Phi) is 5.82. The van der Waals surface area contributed by atoms with E-state index in [9.17, 15) is 14.7 Å². The lowest BCUT2D eigenvalue weighted by molar-refractivity contribution is -0.148. The molecule has 1 aromatic rings. The van der Waals surface area contributed by atoms with Crippen molar-refractivity contribution in [1.82, 2.24) is 4.90 Å². The number of benzene rings is 1. The summed E-state index contributed by atoms with van der Waals surface area (Å²) in [6, 6.07) is 6.67. The Balaban J connectivity index is 1.99. The van der Waals surface area contributed by atoms with Crippen molar-refractivity contribution in [3.05, 3.63) is 40.4 Å². The van der Waals surface area contributed by atoms with E-state index in [1.54, 1.807) is 0 Å². The van der Waals surface area contributed by atoms with E-state index < -0.39 is 12.0 Å². The summed E-state index contributed by atoms with van der Waals surface area (Å²) < 4.78 is 6.54. The first-order valence-corrected chi connectivity index (χ1v) is 8.28. The second-order valence-electron chi connectivity index (χ2n) is 5.97. The van der Waals surface area contributed by atoms with Gasteiger partial charge in [0.25, 0.3) is 0 Å². The molecule has 1 amide bonds. The van der Waals surface area contributed by atoms with Gasteiger partial charge in [-0.15, -0.1) is 0 Å². The second-order valence-corrected chi connectivity index (χ2v) is 6.83. The van der Waals surface area contributed by atoms with Gasteiger partial charge in [0.05, 0.1) is 4.47 Å². The van der Waals surface area contributed by atoms with Crippen molar-refractivity contribution < 1.29 is 19.4 Å². The number of halogens is 1. The Bertz CT molecular complexity index is 627. The predicted octanol–water partition coefficient (Wildman–Crippen LogP) is 3.10. The number of carboxylic acid groups (broad SMARTS) is 1. The Morgan fingerprint density at radius 2 is 2.09 bits per heavy atom. The molecule has 1 N–H and O–H groups in total. The van der Waals surface area contributed by atoms with Crippen molar-refractivity contribution >= 4 is 27.8 Å². The molecule has 0 spiro atoms. The first kappa shape index (κ1) is 17.5. The number of hydrogen-bond donors (Lipinski definition) is 1. The summed E-state index contributed by atoms with van der Waals surface area (Å²) in [5, 5.41) is 9.38. The summed E-state index contributed by atoms with van der Waals surface area (Å²) in [5.41, 5.74) is 0.778. The van der Waals surface area contributed by atoms with Crippen LogP contribution in [-0.2, 0) is 9.59 Å². The number of ether oxygens (including phenoxy) is 1. The molecule has 124 valence electrons. The number of carbonyl (C=O) groups excluding carboxylic acids is 1. The minimum atomic E-state index is -0.964. The van der Waals surface area contributed by atoms with E-state index in [2.05, 4.69) is 15.9 Å². The molecule has 0 bridgehead atoms. The van der Waals surface area contributed by atoms with Crippen LogP contribution in [0.4, 0.5) is 0 Å². The van der Waals surface area contributed by atoms with Crippen molar-refractivity contribution in [2.24, 2.45) is 5.92 Å². The molecule has 5 nitrogen and oxygen atoms in total. The molecule has 1 atom stereocenters. The molecule has 0 unspecified atom stereocenters. The maximum absolute atomic E-state index is 12.1. The molecule has 0 aromatic heterocycles. The van der Waals surface area contributed by atoms with Gasteiger partial charge in [0, 0.05) is 12.6 Å². The third-order valence-electron chi connectivity index (χ3n) is 3.59. The molecule has 0 saturated carbocycles. The minimum absolute atomic E-state index is 0.199. The van der Waals surface area contributed by atoms with E-state index in [0.717, 1.165) is 10.0 Å². The Labute approximate surface area is 144 Å². The fourth-order valence-electron chi connectivity index (χ4n) is 2.49. The third-order valence-corrected chi connectivity index (χ3v) is 4.24. The van der Waals surface area contributed by atoms with Crippen LogP contribution in [0.2, 0.25) is 0 Å². The molecule has 6 heteroatoms. The number of rotatable bonds is 7. The highest BCUT2D eigenvalue weighted by molar-refractivity contribution is 9.10. The van der Waals surface area contributed by atoms with E-state index >= 15 is 0 Å². The number of carbonyl (C=O) groups is 2. The normalized spacial score (nSPS) is 15.7. The summed E-state index contributed by atoms with van der Waals surface area (Å²) in [5.74, 6) is -0.335. The lowest BCUT2D eigenvalue weighted by Gasteiger charge is -2.26. The van der Waals surface area contributed by atoms with Gasteiger partial charge in [-0.05, 0) is 46.0 Å². The van der Waals surface area contributed by atoms with Gasteiger partial charge in [-0.3, -0.25) is 4.79 Å². The standard InChI is InChI=1S/C17H20BrNO4/c1-11(2)7-14(17(21)22)19-9-12(8-16(19)20)10-23-15-6-4-3-5-13(15)18/h3-6,8,11,14H,7,9-10H2,1-2H3,(H,21,22)/t14-/m0/s1. The van der Waals surface area contributed by atoms with Gasteiger partial charge in [-0.1, -0.05) is 26.0 Å². The van der Waals surface area contributed by atoms with E-state index in [0.29, 0.717) is 18.7 Å². The van der Waals surface area contributed by atoms with Gasteiger partial charge in [-0.25, -0.2) is 4.79 Å². The fourth-order valence-corrected chi connectivity index (χ4v) is 2.89. The number of amides is 1. The van der Waals surface area contributed by atoms with Crippen molar-refractivity contribution in [3.63, 3.8) is 0 Å². The van der Waals surface area contributed by atoms with Gasteiger partial charge in [0.2, 0.25) is 5.91 Å². The first-order chi connectivity index (χ1) is 10.9. The zero-order valence-corrected chi connectivity index (χ0v) is 14.7. The average Bonchev–Trinajstić information content (AvgIpc) is 2.84. The molecule has 23 heavy (non-hydrogen) atoms. The highest BCUT2D eigenvalue weighted by Gasteiger charge is 2.33. The van der Waals surface area contributed by atoms with Gasteiger partial charge in [0.15, 0.2) is 0 Å². The molecule has 0 fully saturated rings. The Hall–Kier alpha value is -1.82. The maximum Gasteiger partial charge on any atom is 0.326 e. The number of hydrogen-bond acceptors (Lipinski definition) is 3. The van der Waals surface area contributed by atoms with Gasteiger partial charge in [0.1, 0.15) is 18.4 Å². The topological polar surface area (TPSA) is 66.8 Å². The maximum atomic E-state index is 12.1. The summed E-state index contributed by atoms with van der Waals surface area (Å²) in [7, 11) is 0. The molecular formula is C17H20BrNO4. The van der Waals surface area contributed by atoms with Crippen molar-refractivity contribution in [2.45, 2.75) is 26.3 Å². The van der Waals surface area contributed by atoms with Crippen molar-refractivity contribution in [3.8, 4) is 5.75 Å². The number of carboxylic acids is 1. The van der Waals surface area contributed by atoms with Crippen LogP contribution in [-0.4, -0.2) is 41.1 Å². The molecule has 1 heterocycles. The molecule has 0 saturated heterocycles. The largest absolute Gasteiger partial charge is 0.488 e. The van der Waals surface area contributed by atoms with E-state index in [4.69, 9.17) is 4.74 Å². The van der Waals surface area contributed by atoms with Crippen LogP contribution in [0.1, 0.15) is 20.3 Å². The molecule has 0 radical (unpaired) electrons. The van der Waals surface area contributed by atoms with Crippen LogP contribution in [0, 0.1) is 5.92 Å². The lowest BCUT2D eigenvalue weighted by Crippen LogP contribution is -2.43. The van der Waals surface area contributed by atoms with Crippen LogP contribution in [0.15, 0.2) is 40.4 Å². The van der Waals surface area contributed by atoms with E-state index in [-0.39, 0.29) is 18.4 Å². The summed E-state index contributed by atoms with van der Waals surface area (Å²) >= 11 is 3.40. The Morgan fingerprint density at radius 3 is 2.70 bits per heavy atom. The highest BCUT2D eigenvalue weighted by Crippen LogP contribution is 2.25. The predicted molar refractivity (Wildman–Crippen MR) is 90.3 cm³/mol. The smallest absolute Gasteiger partial charge is 0.326 e. The number of para-hydroxylation sites is 1. The molecular weight excluding hydrogens is 362 g/mol. The SMILES string of the molecule is CC(C)C[C@@H](C(=O)O)N1CC(COc2ccccc2Br)=CC1=O. The molecule has 1 aromatic carbocycles. The van der Waals surface area contributed by atoms with Crippen molar-refractivity contribution in [1.29, 1.82) is 0 Å². The molecule has 0 aliphatic carbocycles. The number of aliphatic carboxylic acids is 1. The highest BCUT2D eigenvalue weighted by atomic mass is 79.9. The summed E-state index contributed by atoms with van der Waals surface area (Å²) in [4.78, 5) is 25.0. The van der Waals surface area contributed by atoms with Crippen LogP contribution in [0.5, 0.6) is 5.75 Å². The van der Waals surface area contributed by atoms with E-state index in [1.165, 1.54) is 11.0 Å². The van der Waals surface area contributed by atoms with E-state index in [1.807, 2.05) is 38.1 Å². The second kappa shape index (κ2) is 7.64. The fraction of sp³-hybridized carbons (Fsp3) is 0.412. The van der Waals surface area contributed by atoms with Crippen LogP contribution >= 0.6 is 15.9 Å². The first-order valence-electron chi connectivity index (χ1n) is 7.48. The zero-order chi connectivity index (χ0) is 17.0. The minimum Gasteiger partial charge on any atom is -0.488 e. The van der Waals surface area contributed by atoms with Crippen LogP contribution < -0.4 is 4.74 Å². The summed E-state index contributed by atoms with van der Waals surface area (Å²) in [6.45, 7) is 4.45. The number of nitrogens with zero attached hydrogens (tertiary/aromatic N) is 1. The van der Waals surface area contributed by atoms with Crippen molar-refractivity contribution in [2.75, 3.05) is 13.2 Å². The zero-order valence-electron chi connectivity index (χ0n) is 13.2. The third kappa shape index (κ3) is 4.58. The monoisotopic (exact) mass is 381 g/mol. The lowest BCUT2D eigenvalue weighted by atomic mass is 10.0. The van der Waals surface area contributed by atoms with Gasteiger partial charge < -0.3 is 14.7 Å². The van der Waals surface area contributed by atoms with Gasteiger partial charge in [-0.2, -0.15) is 0 Å². The molecule has 1 aliphatic heterocycles. The average molecular weight is 382 g/mol. The Morgan fingerprint density at radius 1 is 1.39 bits per heavy atom.